The summed E-state index contributed by atoms with van der Waals surface area (Å²) >= 11 is 6.62. The summed E-state index contributed by atoms with van der Waals surface area (Å²) in [5.74, 6) is -4.30. The van der Waals surface area contributed by atoms with Gasteiger partial charge in [0.25, 0.3) is 0 Å². The molecule has 0 atom stereocenters. The fourth-order valence-corrected chi connectivity index (χ4v) is 4.02. The van der Waals surface area contributed by atoms with Crippen molar-refractivity contribution < 1.29 is 31.4 Å². The third kappa shape index (κ3) is 7.08. The van der Waals surface area contributed by atoms with Crippen LogP contribution in [0.2, 0.25) is 5.02 Å². The second kappa shape index (κ2) is 12.4. The Hall–Kier alpha value is -3.49. The van der Waals surface area contributed by atoms with Crippen LogP contribution >= 0.6 is 11.6 Å². The predicted molar refractivity (Wildman–Crippen MR) is 129 cm³/mol. The van der Waals surface area contributed by atoms with Gasteiger partial charge < -0.3 is 20.1 Å². The molecule has 0 bridgehead atoms. The van der Waals surface area contributed by atoms with Crippen molar-refractivity contribution in [1.29, 1.82) is 0 Å². The van der Waals surface area contributed by atoms with Gasteiger partial charge in [-0.05, 0) is 43.1 Å². The number of aromatic amines is 1. The number of hydrogen-bond donors (Lipinski definition) is 3. The lowest BCUT2D eigenvalue weighted by Gasteiger charge is -2.14. The van der Waals surface area contributed by atoms with E-state index in [1.807, 2.05) is 6.07 Å². The van der Waals surface area contributed by atoms with Crippen LogP contribution in [-0.4, -0.2) is 57.6 Å². The highest BCUT2D eigenvalue weighted by Gasteiger charge is 2.34. The van der Waals surface area contributed by atoms with Crippen molar-refractivity contribution in [2.24, 2.45) is 0 Å². The zero-order valence-corrected chi connectivity index (χ0v) is 20.5. The highest BCUT2D eigenvalue weighted by Crippen LogP contribution is 2.35. The number of unbranched alkanes of at least 4 members (excludes halogenated alkanes) is 1. The summed E-state index contributed by atoms with van der Waals surface area (Å²) in [5.41, 5.74) is 2.36. The van der Waals surface area contributed by atoms with E-state index in [-0.39, 0.29) is 12.1 Å². The first kappa shape index (κ1) is 27.5. The molecule has 15 heteroatoms. The Morgan fingerprint density at radius 3 is 2.45 bits per heavy atom. The molecule has 0 saturated heterocycles. The Balaban J connectivity index is 1.15. The number of ether oxygens (including phenoxy) is 2. The third-order valence-corrected chi connectivity index (χ3v) is 5.79. The molecule has 0 aliphatic rings. The summed E-state index contributed by atoms with van der Waals surface area (Å²) in [6, 6.07) is 3.46. The number of H-pyrrole nitrogens is 1. The lowest BCUT2D eigenvalue weighted by atomic mass is 10.2. The molecule has 3 N–H and O–H groups in total. The van der Waals surface area contributed by atoms with Crippen LogP contribution in [0.1, 0.15) is 18.4 Å². The topological polar surface area (TPSA) is 102 Å². The molecule has 204 valence electrons. The van der Waals surface area contributed by atoms with Crippen LogP contribution in [0.25, 0.3) is 16.6 Å². The van der Waals surface area contributed by atoms with Crippen LogP contribution in [-0.2, 0) is 11.3 Å². The number of rotatable bonds is 13. The molecule has 2 aromatic heterocycles. The molecule has 0 fully saturated rings. The summed E-state index contributed by atoms with van der Waals surface area (Å²) in [7, 11) is 0. The van der Waals surface area contributed by atoms with Crippen molar-refractivity contribution >= 4 is 28.2 Å². The quantitative estimate of drug-likeness (QED) is 0.157. The van der Waals surface area contributed by atoms with E-state index in [1.54, 1.807) is 23.4 Å². The van der Waals surface area contributed by atoms with Crippen molar-refractivity contribution in [3.05, 3.63) is 59.3 Å². The number of fused-ring (bicyclic) bond motifs is 1. The van der Waals surface area contributed by atoms with E-state index in [0.29, 0.717) is 42.7 Å². The van der Waals surface area contributed by atoms with Crippen LogP contribution < -0.4 is 15.4 Å². The predicted octanol–water partition coefficient (Wildman–Crippen LogP) is 4.97. The molecular weight excluding hydrogens is 537 g/mol. The lowest BCUT2D eigenvalue weighted by molar-refractivity contribution is -0.276. The number of anilines is 1. The largest absolute Gasteiger partial charge is 0.573 e. The molecule has 38 heavy (non-hydrogen) atoms. The van der Waals surface area contributed by atoms with Gasteiger partial charge in [-0.25, -0.2) is 8.78 Å². The number of benzene rings is 2. The van der Waals surface area contributed by atoms with Gasteiger partial charge in [0.05, 0.1) is 34.7 Å². The Morgan fingerprint density at radius 1 is 1.00 bits per heavy atom. The van der Waals surface area contributed by atoms with Crippen LogP contribution in [0.15, 0.2) is 37.1 Å². The SMILES string of the molecule is Fc1cc(CNCCCCOCCNc2c(Cl)c(-n3cnnc3)cc3[nH]ncc23)cc(F)c1OC(F)(F)F. The summed E-state index contributed by atoms with van der Waals surface area (Å²) < 4.78 is 74.9. The molecular formula is C23H23ClF5N7O2. The van der Waals surface area contributed by atoms with E-state index in [2.05, 4.69) is 35.8 Å². The molecule has 2 aromatic carbocycles. The van der Waals surface area contributed by atoms with Gasteiger partial charge in [-0.15, -0.1) is 23.4 Å². The minimum atomic E-state index is -5.18. The van der Waals surface area contributed by atoms with E-state index < -0.39 is 23.7 Å². The van der Waals surface area contributed by atoms with E-state index in [4.69, 9.17) is 16.3 Å². The van der Waals surface area contributed by atoms with Crippen molar-refractivity contribution in [2.75, 3.05) is 31.6 Å². The number of nitrogens with one attached hydrogen (secondary N) is 3. The van der Waals surface area contributed by atoms with Crippen LogP contribution in [0.5, 0.6) is 5.75 Å². The minimum Gasteiger partial charge on any atom is -0.399 e. The number of aromatic nitrogens is 5. The van der Waals surface area contributed by atoms with E-state index in [9.17, 15) is 22.0 Å². The smallest absolute Gasteiger partial charge is 0.399 e. The van der Waals surface area contributed by atoms with Crippen LogP contribution in [0, 0.1) is 11.6 Å². The maximum atomic E-state index is 13.8. The zero-order valence-electron chi connectivity index (χ0n) is 19.8. The lowest BCUT2D eigenvalue weighted by Crippen LogP contribution is -2.20. The Morgan fingerprint density at radius 2 is 1.74 bits per heavy atom. The molecule has 0 radical (unpaired) electrons. The zero-order chi connectivity index (χ0) is 27.1. The number of hydrogen-bond acceptors (Lipinski definition) is 7. The van der Waals surface area contributed by atoms with Gasteiger partial charge in [-0.3, -0.25) is 9.67 Å². The molecule has 4 aromatic rings. The first-order valence-corrected chi connectivity index (χ1v) is 11.9. The molecule has 9 nitrogen and oxygen atoms in total. The first-order chi connectivity index (χ1) is 18.2. The Labute approximate surface area is 218 Å². The highest BCUT2D eigenvalue weighted by atomic mass is 35.5. The van der Waals surface area contributed by atoms with Gasteiger partial charge in [0.1, 0.15) is 12.7 Å². The summed E-state index contributed by atoms with van der Waals surface area (Å²) in [5, 5.41) is 22.2. The minimum absolute atomic E-state index is 0.0857. The number of alkyl halides is 3. The summed E-state index contributed by atoms with van der Waals surface area (Å²) in [6.07, 6.45) is 1.04. The van der Waals surface area contributed by atoms with Crippen molar-refractivity contribution in [3.63, 3.8) is 0 Å². The molecule has 2 heterocycles. The number of halogens is 6. The van der Waals surface area contributed by atoms with Gasteiger partial charge in [0, 0.05) is 25.1 Å². The normalized spacial score (nSPS) is 11.8. The van der Waals surface area contributed by atoms with E-state index in [0.717, 1.165) is 35.9 Å². The molecule has 4 rings (SSSR count). The van der Waals surface area contributed by atoms with Crippen molar-refractivity contribution in [2.45, 2.75) is 25.7 Å². The summed E-state index contributed by atoms with van der Waals surface area (Å²) in [6.45, 7) is 2.02. The molecule has 0 saturated carbocycles. The first-order valence-electron chi connectivity index (χ1n) is 11.5. The molecule has 0 spiro atoms. The third-order valence-electron chi connectivity index (χ3n) is 5.41. The van der Waals surface area contributed by atoms with Gasteiger partial charge >= 0.3 is 6.36 Å². The van der Waals surface area contributed by atoms with Gasteiger partial charge in [0.2, 0.25) is 5.75 Å². The molecule has 0 unspecified atom stereocenters. The van der Waals surface area contributed by atoms with E-state index >= 15 is 0 Å². The van der Waals surface area contributed by atoms with Gasteiger partial charge in [-0.2, -0.15) is 5.10 Å². The average molecular weight is 560 g/mol. The van der Waals surface area contributed by atoms with Gasteiger partial charge in [-0.1, -0.05) is 11.6 Å². The average Bonchev–Trinajstić information content (AvgIpc) is 3.55. The fraction of sp³-hybridized carbons (Fsp3) is 0.348. The fourth-order valence-electron chi connectivity index (χ4n) is 3.70. The Bertz CT molecular complexity index is 1330. The molecule has 0 aliphatic heterocycles. The second-order valence-electron chi connectivity index (χ2n) is 8.14. The maximum absolute atomic E-state index is 13.8. The van der Waals surface area contributed by atoms with E-state index in [1.165, 1.54) is 0 Å². The van der Waals surface area contributed by atoms with Crippen LogP contribution in [0.4, 0.5) is 27.6 Å². The van der Waals surface area contributed by atoms with Crippen LogP contribution in [0.3, 0.4) is 0 Å². The standard InChI is InChI=1S/C23H23ClF5N7O2/c24-20-19(36-12-33-34-13-36)9-18-15(11-32-35-18)21(20)31-4-6-37-5-2-1-3-30-10-14-7-16(25)22(17(26)8-14)38-23(27,28)29/h7-9,11-13,30-31H,1-6,10H2,(H,32,35). The Kier molecular flexibility index (Phi) is 8.97. The summed E-state index contributed by atoms with van der Waals surface area (Å²) in [4.78, 5) is 0. The molecule has 0 amide bonds. The monoisotopic (exact) mass is 559 g/mol. The van der Waals surface area contributed by atoms with Crippen molar-refractivity contribution in [1.82, 2.24) is 30.3 Å². The molecule has 0 aliphatic carbocycles. The maximum Gasteiger partial charge on any atom is 0.573 e. The van der Waals surface area contributed by atoms with Crippen molar-refractivity contribution in [3.8, 4) is 11.4 Å². The highest BCUT2D eigenvalue weighted by molar-refractivity contribution is 6.36. The second-order valence-corrected chi connectivity index (χ2v) is 8.52. The number of nitrogens with zero attached hydrogens (tertiary/aromatic N) is 4. The van der Waals surface area contributed by atoms with Gasteiger partial charge in [0.15, 0.2) is 11.6 Å².